The van der Waals surface area contributed by atoms with E-state index in [2.05, 4.69) is 15.9 Å². The Hall–Kier alpha value is -0.410. The molecule has 3 heteroatoms. The van der Waals surface area contributed by atoms with Gasteiger partial charge in [-0.1, -0.05) is 48.0 Å². The van der Waals surface area contributed by atoms with Crippen LogP contribution in [0.15, 0.2) is 22.7 Å². The van der Waals surface area contributed by atoms with Crippen molar-refractivity contribution in [3.63, 3.8) is 0 Å². The maximum Gasteiger partial charge on any atom is 0.128 e. The zero-order valence-electron chi connectivity index (χ0n) is 10.7. The van der Waals surface area contributed by atoms with E-state index >= 15 is 0 Å². The molecule has 1 atom stereocenters. The third-order valence-corrected chi connectivity index (χ3v) is 4.46. The highest BCUT2D eigenvalue weighted by Gasteiger charge is 2.17. The fourth-order valence-corrected chi connectivity index (χ4v) is 3.22. The summed E-state index contributed by atoms with van der Waals surface area (Å²) in [5.74, 6) is 0.620. The molecule has 0 saturated heterocycles. The Morgan fingerprint density at radius 1 is 1.28 bits per heavy atom. The average Bonchev–Trinajstić information content (AvgIpc) is 2.40. The smallest absolute Gasteiger partial charge is 0.128 e. The van der Waals surface area contributed by atoms with Crippen LogP contribution in [0.1, 0.15) is 56.6 Å². The maximum atomic E-state index is 13.7. The number of benzene rings is 1. The summed E-state index contributed by atoms with van der Waals surface area (Å²) in [5, 5.41) is 0. The van der Waals surface area contributed by atoms with E-state index in [9.17, 15) is 4.39 Å². The average molecular weight is 314 g/mol. The van der Waals surface area contributed by atoms with Gasteiger partial charge in [0.05, 0.1) is 0 Å². The highest BCUT2D eigenvalue weighted by Crippen LogP contribution is 2.30. The van der Waals surface area contributed by atoms with Gasteiger partial charge < -0.3 is 5.73 Å². The summed E-state index contributed by atoms with van der Waals surface area (Å²) >= 11 is 3.37. The van der Waals surface area contributed by atoms with Crippen LogP contribution in [0.25, 0.3) is 0 Å². The first-order valence-electron chi connectivity index (χ1n) is 6.87. The number of nitrogens with two attached hydrogens (primary N) is 1. The highest BCUT2D eigenvalue weighted by atomic mass is 79.9. The van der Waals surface area contributed by atoms with E-state index < -0.39 is 0 Å². The summed E-state index contributed by atoms with van der Waals surface area (Å²) in [6.45, 7) is 0. The topological polar surface area (TPSA) is 26.0 Å². The molecule has 0 amide bonds. The summed E-state index contributed by atoms with van der Waals surface area (Å²) in [5.41, 5.74) is 6.76. The van der Waals surface area contributed by atoms with E-state index in [1.165, 1.54) is 38.2 Å². The lowest BCUT2D eigenvalue weighted by Crippen LogP contribution is -2.15. The first kappa shape index (κ1) is 14.0. The summed E-state index contributed by atoms with van der Waals surface area (Å²) in [6.07, 6.45) is 8.76. The van der Waals surface area contributed by atoms with E-state index in [0.717, 1.165) is 23.2 Å². The zero-order chi connectivity index (χ0) is 13.0. The van der Waals surface area contributed by atoms with Gasteiger partial charge in [-0.25, -0.2) is 4.39 Å². The maximum absolute atomic E-state index is 13.7. The second-order valence-electron chi connectivity index (χ2n) is 5.35. The Kier molecular flexibility index (Phi) is 5.19. The minimum Gasteiger partial charge on any atom is -0.324 e. The molecule has 0 bridgehead atoms. The van der Waals surface area contributed by atoms with E-state index in [1.807, 2.05) is 0 Å². The van der Waals surface area contributed by atoms with Crippen LogP contribution in [0.5, 0.6) is 0 Å². The van der Waals surface area contributed by atoms with Crippen molar-refractivity contribution in [3.8, 4) is 0 Å². The molecule has 2 rings (SSSR count). The minimum atomic E-state index is -0.186. The van der Waals surface area contributed by atoms with Crippen LogP contribution in [-0.4, -0.2) is 0 Å². The van der Waals surface area contributed by atoms with Gasteiger partial charge in [-0.05, 0) is 37.0 Å². The van der Waals surface area contributed by atoms with Crippen molar-refractivity contribution < 1.29 is 4.39 Å². The summed E-state index contributed by atoms with van der Waals surface area (Å²) in [4.78, 5) is 0. The molecule has 100 valence electrons. The Morgan fingerprint density at radius 3 is 2.72 bits per heavy atom. The van der Waals surface area contributed by atoms with Gasteiger partial charge in [0.1, 0.15) is 5.82 Å². The molecule has 1 saturated carbocycles. The molecule has 2 N–H and O–H groups in total. The quantitative estimate of drug-likeness (QED) is 0.836. The lowest BCUT2D eigenvalue weighted by Gasteiger charge is -2.23. The van der Waals surface area contributed by atoms with Crippen molar-refractivity contribution in [1.82, 2.24) is 0 Å². The molecule has 1 aliphatic carbocycles. The molecule has 0 heterocycles. The van der Waals surface area contributed by atoms with Gasteiger partial charge in [-0.15, -0.1) is 0 Å². The van der Waals surface area contributed by atoms with Crippen molar-refractivity contribution in [3.05, 3.63) is 34.1 Å². The lowest BCUT2D eigenvalue weighted by molar-refractivity contribution is 0.323. The molecule has 0 aromatic heterocycles. The lowest BCUT2D eigenvalue weighted by atomic mass is 9.84. The first-order valence-corrected chi connectivity index (χ1v) is 7.66. The molecule has 1 aromatic rings. The molecular weight excluding hydrogens is 293 g/mol. The second-order valence-corrected chi connectivity index (χ2v) is 6.27. The van der Waals surface area contributed by atoms with Crippen molar-refractivity contribution in [1.29, 1.82) is 0 Å². The molecule has 18 heavy (non-hydrogen) atoms. The van der Waals surface area contributed by atoms with Gasteiger partial charge in [0.25, 0.3) is 0 Å². The Labute approximate surface area is 117 Å². The SMILES string of the molecule is NC(CCC1CCCCC1)c1cc(Br)ccc1F. The first-order chi connectivity index (χ1) is 8.66. The van der Waals surface area contributed by atoms with Crippen LogP contribution in [0, 0.1) is 11.7 Å². The van der Waals surface area contributed by atoms with Crippen LogP contribution in [0.4, 0.5) is 4.39 Å². The largest absolute Gasteiger partial charge is 0.324 e. The van der Waals surface area contributed by atoms with Crippen LogP contribution >= 0.6 is 15.9 Å². The van der Waals surface area contributed by atoms with Gasteiger partial charge in [0.2, 0.25) is 0 Å². The summed E-state index contributed by atoms with van der Waals surface area (Å²) in [6, 6.07) is 4.83. The van der Waals surface area contributed by atoms with Crippen molar-refractivity contribution in [2.24, 2.45) is 11.7 Å². The molecule has 0 spiro atoms. The van der Waals surface area contributed by atoms with Gasteiger partial charge >= 0.3 is 0 Å². The van der Waals surface area contributed by atoms with E-state index in [1.54, 1.807) is 12.1 Å². The third-order valence-electron chi connectivity index (χ3n) is 3.97. The minimum absolute atomic E-state index is 0.176. The zero-order valence-corrected chi connectivity index (χ0v) is 12.3. The van der Waals surface area contributed by atoms with Crippen molar-refractivity contribution >= 4 is 15.9 Å². The number of hydrogen-bond donors (Lipinski definition) is 1. The molecule has 1 nitrogen and oxygen atoms in total. The predicted octanol–water partition coefficient (Wildman–Crippen LogP) is 4.95. The Balaban J connectivity index is 1.90. The second kappa shape index (κ2) is 6.67. The number of rotatable bonds is 4. The number of halogens is 2. The van der Waals surface area contributed by atoms with Crippen molar-refractivity contribution in [2.45, 2.75) is 51.0 Å². The summed E-state index contributed by atoms with van der Waals surface area (Å²) < 4.78 is 14.6. The fourth-order valence-electron chi connectivity index (χ4n) is 2.85. The molecule has 0 radical (unpaired) electrons. The normalized spacial score (nSPS) is 18.8. The summed E-state index contributed by atoms with van der Waals surface area (Å²) in [7, 11) is 0. The third kappa shape index (κ3) is 3.79. The Bertz CT molecular complexity index is 388. The van der Waals surface area contributed by atoms with Crippen LogP contribution < -0.4 is 5.73 Å². The molecule has 1 aliphatic rings. The molecule has 1 fully saturated rings. The van der Waals surface area contributed by atoms with E-state index in [0.29, 0.717) is 5.56 Å². The van der Waals surface area contributed by atoms with Crippen molar-refractivity contribution in [2.75, 3.05) is 0 Å². The predicted molar refractivity (Wildman–Crippen MR) is 76.8 cm³/mol. The van der Waals surface area contributed by atoms with Crippen LogP contribution in [0.2, 0.25) is 0 Å². The van der Waals surface area contributed by atoms with Gasteiger partial charge in [0, 0.05) is 16.1 Å². The van der Waals surface area contributed by atoms with Gasteiger partial charge in [-0.2, -0.15) is 0 Å². The monoisotopic (exact) mass is 313 g/mol. The highest BCUT2D eigenvalue weighted by molar-refractivity contribution is 9.10. The standard InChI is InChI=1S/C15H21BrFN/c16-12-7-8-14(17)13(10-12)15(18)9-6-11-4-2-1-3-5-11/h7-8,10-11,15H,1-6,9,18H2. The van der Waals surface area contributed by atoms with Crippen LogP contribution in [-0.2, 0) is 0 Å². The van der Waals surface area contributed by atoms with Gasteiger partial charge in [-0.3, -0.25) is 0 Å². The van der Waals surface area contributed by atoms with E-state index in [4.69, 9.17) is 5.73 Å². The van der Waals surface area contributed by atoms with Crippen LogP contribution in [0.3, 0.4) is 0 Å². The molecule has 1 unspecified atom stereocenters. The van der Waals surface area contributed by atoms with E-state index in [-0.39, 0.29) is 11.9 Å². The molecule has 1 aromatic carbocycles. The Morgan fingerprint density at radius 2 is 2.00 bits per heavy atom. The van der Waals surface area contributed by atoms with Gasteiger partial charge in [0.15, 0.2) is 0 Å². The fraction of sp³-hybridized carbons (Fsp3) is 0.600. The molecular formula is C15H21BrFN. The molecule has 0 aliphatic heterocycles. The number of hydrogen-bond acceptors (Lipinski definition) is 1.